The highest BCUT2D eigenvalue weighted by molar-refractivity contribution is 6.02. The number of aromatic nitrogens is 1. The Morgan fingerprint density at radius 3 is 2.68 bits per heavy atom. The van der Waals surface area contributed by atoms with Gasteiger partial charge in [-0.1, -0.05) is 11.2 Å². The summed E-state index contributed by atoms with van der Waals surface area (Å²) in [4.78, 5) is 22.1. The minimum absolute atomic E-state index is 0.0495. The van der Waals surface area contributed by atoms with Gasteiger partial charge in [-0.3, -0.25) is 14.9 Å². The van der Waals surface area contributed by atoms with Crippen LogP contribution in [0.2, 0.25) is 0 Å². The fourth-order valence-corrected chi connectivity index (χ4v) is 1.55. The number of rotatable bonds is 3. The van der Waals surface area contributed by atoms with Gasteiger partial charge in [-0.2, -0.15) is 0 Å². The number of nitro benzene ring substituents is 1. The van der Waals surface area contributed by atoms with Crippen LogP contribution in [0.15, 0.2) is 28.8 Å². The number of hydrogen-bond donors (Lipinski definition) is 1. The number of nitrogens with zero attached hydrogens (tertiary/aromatic N) is 2. The molecule has 7 nitrogen and oxygen atoms in total. The van der Waals surface area contributed by atoms with Crippen LogP contribution < -0.4 is 5.32 Å². The first-order valence-electron chi connectivity index (χ1n) is 5.47. The summed E-state index contributed by atoms with van der Waals surface area (Å²) in [6, 6.07) is 5.94. The minimum atomic E-state index is -0.501. The van der Waals surface area contributed by atoms with Gasteiger partial charge in [-0.25, -0.2) is 0 Å². The molecule has 0 aliphatic rings. The largest absolute Gasteiger partial charge is 0.351 e. The van der Waals surface area contributed by atoms with E-state index < -0.39 is 10.8 Å². The molecule has 0 unspecified atom stereocenters. The fourth-order valence-electron chi connectivity index (χ4n) is 1.55. The topological polar surface area (TPSA) is 98.3 Å². The highest BCUT2D eigenvalue weighted by atomic mass is 16.6. The molecule has 0 aliphatic carbocycles. The van der Waals surface area contributed by atoms with Gasteiger partial charge in [0.15, 0.2) is 0 Å². The van der Waals surface area contributed by atoms with Crippen LogP contribution in [-0.4, -0.2) is 16.0 Å². The van der Waals surface area contributed by atoms with E-state index in [4.69, 9.17) is 4.52 Å². The lowest BCUT2D eigenvalue weighted by Crippen LogP contribution is -2.11. The van der Waals surface area contributed by atoms with E-state index in [1.807, 2.05) is 0 Å². The molecule has 1 aromatic carbocycles. The zero-order chi connectivity index (χ0) is 14.0. The van der Waals surface area contributed by atoms with Crippen molar-refractivity contribution in [2.24, 2.45) is 0 Å². The van der Waals surface area contributed by atoms with Crippen molar-refractivity contribution in [3.63, 3.8) is 0 Å². The first-order valence-corrected chi connectivity index (χ1v) is 5.47. The quantitative estimate of drug-likeness (QED) is 0.675. The van der Waals surface area contributed by atoms with E-state index >= 15 is 0 Å². The lowest BCUT2D eigenvalue weighted by Gasteiger charge is -2.03. The fraction of sp³-hybridized carbons (Fsp3) is 0.167. The van der Waals surface area contributed by atoms with Crippen molar-refractivity contribution < 1.29 is 14.2 Å². The lowest BCUT2D eigenvalue weighted by molar-refractivity contribution is -0.385. The van der Waals surface area contributed by atoms with Crippen molar-refractivity contribution in [2.75, 3.05) is 5.32 Å². The van der Waals surface area contributed by atoms with Crippen LogP contribution in [0, 0.1) is 24.0 Å². The predicted molar refractivity (Wildman–Crippen MR) is 67.0 cm³/mol. The molecule has 2 aromatic rings. The van der Waals surface area contributed by atoms with E-state index in [-0.39, 0.29) is 11.4 Å². The van der Waals surface area contributed by atoms with E-state index in [0.29, 0.717) is 16.9 Å². The molecular weight excluding hydrogens is 250 g/mol. The third-order valence-electron chi connectivity index (χ3n) is 2.52. The summed E-state index contributed by atoms with van der Waals surface area (Å²) >= 11 is 0. The number of amides is 1. The Morgan fingerprint density at radius 2 is 2.11 bits per heavy atom. The number of nitrogens with one attached hydrogen (secondary N) is 1. The molecule has 0 radical (unpaired) electrons. The average molecular weight is 261 g/mol. The van der Waals surface area contributed by atoms with Crippen molar-refractivity contribution in [2.45, 2.75) is 13.8 Å². The van der Waals surface area contributed by atoms with Gasteiger partial charge in [0.05, 0.1) is 10.6 Å². The van der Waals surface area contributed by atoms with Crippen LogP contribution in [0.4, 0.5) is 11.4 Å². The molecule has 7 heteroatoms. The Morgan fingerprint density at radius 1 is 1.37 bits per heavy atom. The van der Waals surface area contributed by atoms with Crippen molar-refractivity contribution in [3.8, 4) is 0 Å². The van der Waals surface area contributed by atoms with Gasteiger partial charge in [-0.05, 0) is 19.9 Å². The van der Waals surface area contributed by atoms with Gasteiger partial charge < -0.3 is 9.84 Å². The molecule has 1 amide bonds. The molecular formula is C12H11N3O4. The molecule has 0 saturated heterocycles. The minimum Gasteiger partial charge on any atom is -0.351 e. The summed E-state index contributed by atoms with van der Waals surface area (Å²) in [5.74, 6) is -0.445. The van der Waals surface area contributed by atoms with Gasteiger partial charge in [0.2, 0.25) is 5.76 Å². The monoisotopic (exact) mass is 261 g/mol. The molecule has 0 spiro atoms. The highest BCUT2D eigenvalue weighted by Gasteiger charge is 2.15. The molecule has 19 heavy (non-hydrogen) atoms. The van der Waals surface area contributed by atoms with Crippen LogP contribution >= 0.6 is 0 Å². The predicted octanol–water partition coefficient (Wildman–Crippen LogP) is 2.45. The van der Waals surface area contributed by atoms with Crippen molar-refractivity contribution in [1.82, 2.24) is 5.16 Å². The summed E-state index contributed by atoms with van der Waals surface area (Å²) in [6.45, 7) is 3.32. The van der Waals surface area contributed by atoms with E-state index in [2.05, 4.69) is 10.5 Å². The number of hydrogen-bond acceptors (Lipinski definition) is 5. The molecule has 0 aliphatic heterocycles. The Balaban J connectivity index is 2.22. The number of carbonyl (C=O) groups is 1. The van der Waals surface area contributed by atoms with E-state index in [0.717, 1.165) is 0 Å². The SMILES string of the molecule is Cc1cc(C(=O)Nc2ccc(C)c([N+](=O)[O-])c2)on1. The number of nitro groups is 1. The second-order valence-corrected chi connectivity index (χ2v) is 4.05. The summed E-state index contributed by atoms with van der Waals surface area (Å²) in [5.41, 5.74) is 1.39. The van der Waals surface area contributed by atoms with Crippen LogP contribution in [0.1, 0.15) is 21.8 Å². The molecule has 1 heterocycles. The molecule has 1 N–H and O–H groups in total. The summed E-state index contributed by atoms with van der Waals surface area (Å²) in [7, 11) is 0. The number of aryl methyl sites for hydroxylation is 2. The van der Waals surface area contributed by atoms with Crippen LogP contribution in [-0.2, 0) is 0 Å². The first kappa shape index (κ1) is 12.7. The van der Waals surface area contributed by atoms with Gasteiger partial charge in [-0.15, -0.1) is 0 Å². The molecule has 0 saturated carbocycles. The number of carbonyl (C=O) groups excluding carboxylic acids is 1. The van der Waals surface area contributed by atoms with Crippen molar-refractivity contribution in [1.29, 1.82) is 0 Å². The van der Waals surface area contributed by atoms with Crippen LogP contribution in [0.25, 0.3) is 0 Å². The van der Waals surface area contributed by atoms with E-state index in [1.165, 1.54) is 12.1 Å². The van der Waals surface area contributed by atoms with Gasteiger partial charge in [0.25, 0.3) is 11.6 Å². The molecule has 98 valence electrons. The maximum Gasteiger partial charge on any atom is 0.294 e. The first-order chi connectivity index (χ1) is 8.97. The van der Waals surface area contributed by atoms with Gasteiger partial charge >= 0.3 is 0 Å². The third kappa shape index (κ3) is 2.76. The summed E-state index contributed by atoms with van der Waals surface area (Å²) in [6.07, 6.45) is 0. The third-order valence-corrected chi connectivity index (χ3v) is 2.52. The molecule has 0 atom stereocenters. The zero-order valence-corrected chi connectivity index (χ0v) is 10.3. The highest BCUT2D eigenvalue weighted by Crippen LogP contribution is 2.22. The Labute approximate surface area is 108 Å². The normalized spacial score (nSPS) is 10.2. The maximum absolute atomic E-state index is 11.8. The number of anilines is 1. The number of benzene rings is 1. The van der Waals surface area contributed by atoms with Crippen molar-refractivity contribution in [3.05, 3.63) is 51.4 Å². The van der Waals surface area contributed by atoms with E-state index in [9.17, 15) is 14.9 Å². The second kappa shape index (κ2) is 4.89. The Hall–Kier alpha value is -2.70. The van der Waals surface area contributed by atoms with E-state index in [1.54, 1.807) is 26.0 Å². The van der Waals surface area contributed by atoms with Crippen LogP contribution in [0.3, 0.4) is 0 Å². The van der Waals surface area contributed by atoms with Crippen LogP contribution in [0.5, 0.6) is 0 Å². The Kier molecular flexibility index (Phi) is 3.28. The average Bonchev–Trinajstić information content (AvgIpc) is 2.78. The molecule has 2 rings (SSSR count). The molecule has 1 aromatic heterocycles. The smallest absolute Gasteiger partial charge is 0.294 e. The molecule has 0 bridgehead atoms. The maximum atomic E-state index is 11.8. The van der Waals surface area contributed by atoms with Gasteiger partial charge in [0.1, 0.15) is 0 Å². The molecule has 0 fully saturated rings. The summed E-state index contributed by atoms with van der Waals surface area (Å²) < 4.78 is 4.80. The standard InChI is InChI=1S/C12H11N3O4/c1-7-3-4-9(6-10(7)15(17)18)13-12(16)11-5-8(2)14-19-11/h3-6H,1-2H3,(H,13,16). The summed E-state index contributed by atoms with van der Waals surface area (Å²) in [5, 5.41) is 16.9. The van der Waals surface area contributed by atoms with Crippen molar-refractivity contribution >= 4 is 17.3 Å². The van der Waals surface area contributed by atoms with Gasteiger partial charge in [0, 0.05) is 23.4 Å². The lowest BCUT2D eigenvalue weighted by atomic mass is 10.2. The Bertz CT molecular complexity index is 648. The zero-order valence-electron chi connectivity index (χ0n) is 10.3. The second-order valence-electron chi connectivity index (χ2n) is 4.05.